The van der Waals surface area contributed by atoms with Gasteiger partial charge in [0.05, 0.1) is 17.9 Å². The third kappa shape index (κ3) is 5.29. The summed E-state index contributed by atoms with van der Waals surface area (Å²) in [6.45, 7) is 0.0153. The van der Waals surface area contributed by atoms with Gasteiger partial charge in [-0.25, -0.2) is 13.1 Å². The van der Waals surface area contributed by atoms with Crippen molar-refractivity contribution in [3.05, 3.63) is 24.0 Å². The van der Waals surface area contributed by atoms with Gasteiger partial charge in [-0.15, -0.1) is 0 Å². The Morgan fingerprint density at radius 3 is 2.69 bits per heavy atom. The Morgan fingerprint density at radius 1 is 1.35 bits per heavy atom. The topological polar surface area (TPSA) is 130 Å². The number of aliphatic hydroxyl groups is 1. The van der Waals surface area contributed by atoms with Crippen LogP contribution in [0.5, 0.6) is 0 Å². The van der Waals surface area contributed by atoms with Crippen LogP contribution in [0.2, 0.25) is 0 Å². The van der Waals surface area contributed by atoms with E-state index in [-0.39, 0.29) is 30.0 Å². The van der Waals surface area contributed by atoms with Gasteiger partial charge in [-0.1, -0.05) is 0 Å². The monoisotopic (exact) mass is 386 g/mol. The number of amides is 2. The maximum absolute atomic E-state index is 12.3. The van der Waals surface area contributed by atoms with Crippen molar-refractivity contribution in [3.8, 4) is 0 Å². The predicted molar refractivity (Wildman–Crippen MR) is 95.9 cm³/mol. The number of carbonyl (C=O) groups excluding carboxylic acids is 2. The van der Waals surface area contributed by atoms with Crippen LogP contribution in [0, 0.1) is 5.92 Å². The molecular weight excluding hydrogens is 360 g/mol. The summed E-state index contributed by atoms with van der Waals surface area (Å²) in [7, 11) is -0.304. The fourth-order valence-electron chi connectivity index (χ4n) is 3.04. The molecule has 2 amide bonds. The molecule has 1 aromatic heterocycles. The summed E-state index contributed by atoms with van der Waals surface area (Å²) >= 11 is 0. The minimum absolute atomic E-state index is 0.0153. The van der Waals surface area contributed by atoms with E-state index in [2.05, 4.69) is 15.4 Å². The molecule has 1 aliphatic rings. The first-order valence-corrected chi connectivity index (χ1v) is 10.2. The van der Waals surface area contributed by atoms with Crippen molar-refractivity contribution >= 4 is 21.8 Å². The molecule has 4 N–H and O–H groups in total. The van der Waals surface area contributed by atoms with E-state index in [0.717, 1.165) is 0 Å². The molecule has 1 fully saturated rings. The summed E-state index contributed by atoms with van der Waals surface area (Å²) < 4.78 is 26.6. The van der Waals surface area contributed by atoms with Crippen molar-refractivity contribution in [2.24, 2.45) is 13.0 Å². The van der Waals surface area contributed by atoms with Crippen LogP contribution in [0.15, 0.2) is 18.3 Å². The van der Waals surface area contributed by atoms with Crippen LogP contribution in [0.4, 0.5) is 0 Å². The molecule has 1 aliphatic carbocycles. The highest BCUT2D eigenvalue weighted by Crippen LogP contribution is 2.25. The quantitative estimate of drug-likeness (QED) is 0.475. The van der Waals surface area contributed by atoms with Gasteiger partial charge in [0.15, 0.2) is 0 Å². The molecule has 0 aromatic carbocycles. The Balaban J connectivity index is 1.89. The lowest BCUT2D eigenvalue weighted by atomic mass is 9.83. The second-order valence-electron chi connectivity index (χ2n) is 6.48. The van der Waals surface area contributed by atoms with Gasteiger partial charge >= 0.3 is 0 Å². The maximum Gasteiger partial charge on any atom is 0.268 e. The van der Waals surface area contributed by atoms with Gasteiger partial charge in [-0.3, -0.25) is 9.59 Å². The molecule has 1 heterocycles. The van der Waals surface area contributed by atoms with Gasteiger partial charge in [0.2, 0.25) is 15.9 Å². The highest BCUT2D eigenvalue weighted by Gasteiger charge is 2.34. The number of nitrogens with zero attached hydrogens (tertiary/aromatic N) is 1. The second-order valence-corrected chi connectivity index (χ2v) is 8.52. The van der Waals surface area contributed by atoms with Crippen molar-refractivity contribution in [3.63, 3.8) is 0 Å². The molecule has 0 radical (unpaired) electrons. The minimum atomic E-state index is -3.37. The molecule has 26 heavy (non-hydrogen) atoms. The molecule has 1 saturated carbocycles. The van der Waals surface area contributed by atoms with Gasteiger partial charge in [0, 0.05) is 25.7 Å². The molecule has 146 valence electrons. The number of hydrogen-bond acceptors (Lipinski definition) is 5. The first-order chi connectivity index (χ1) is 12.2. The number of carbonyl (C=O) groups is 2. The first-order valence-electron chi connectivity index (χ1n) is 8.52. The van der Waals surface area contributed by atoms with Crippen LogP contribution in [-0.2, 0) is 21.9 Å². The van der Waals surface area contributed by atoms with Crippen LogP contribution in [-0.4, -0.2) is 61.4 Å². The fraction of sp³-hybridized carbons (Fsp3) is 0.625. The van der Waals surface area contributed by atoms with E-state index >= 15 is 0 Å². The van der Waals surface area contributed by atoms with Gasteiger partial charge in [-0.05, 0) is 38.4 Å². The third-order valence-electron chi connectivity index (χ3n) is 4.66. The number of nitrogens with one attached hydrogen (secondary N) is 3. The Bertz CT molecular complexity index is 746. The largest absolute Gasteiger partial charge is 0.391 e. The minimum Gasteiger partial charge on any atom is -0.391 e. The van der Waals surface area contributed by atoms with E-state index in [1.807, 2.05) is 0 Å². The SMILES string of the molecule is CNS(=O)(=O)CCNC(=O)[C@H]1CC[C@@H](O)[C@H](NC(=O)c2cccn2C)C1. The lowest BCUT2D eigenvalue weighted by molar-refractivity contribution is -0.126. The summed E-state index contributed by atoms with van der Waals surface area (Å²) in [6, 6.07) is 2.90. The van der Waals surface area contributed by atoms with E-state index in [4.69, 9.17) is 0 Å². The number of hydrogen-bond donors (Lipinski definition) is 4. The molecular formula is C16H26N4O5S. The number of rotatable bonds is 7. The van der Waals surface area contributed by atoms with Gasteiger partial charge in [-0.2, -0.15) is 0 Å². The second kappa shape index (κ2) is 8.65. The molecule has 0 saturated heterocycles. The Labute approximate surface area is 153 Å². The van der Waals surface area contributed by atoms with Crippen LogP contribution in [0.3, 0.4) is 0 Å². The van der Waals surface area contributed by atoms with Crippen molar-refractivity contribution in [2.45, 2.75) is 31.4 Å². The van der Waals surface area contributed by atoms with Gasteiger partial charge in [0.25, 0.3) is 5.91 Å². The lowest BCUT2D eigenvalue weighted by Gasteiger charge is -2.33. The van der Waals surface area contributed by atoms with Crippen molar-refractivity contribution < 1.29 is 23.1 Å². The zero-order valence-electron chi connectivity index (χ0n) is 14.9. The normalized spacial score (nSPS) is 23.4. The van der Waals surface area contributed by atoms with E-state index in [1.54, 1.807) is 29.9 Å². The van der Waals surface area contributed by atoms with E-state index in [1.165, 1.54) is 7.05 Å². The molecule has 2 rings (SSSR count). The molecule has 10 heteroatoms. The number of aliphatic hydroxyl groups excluding tert-OH is 1. The molecule has 1 aromatic rings. The molecule has 0 bridgehead atoms. The Morgan fingerprint density at radius 2 is 2.08 bits per heavy atom. The lowest BCUT2D eigenvalue weighted by Crippen LogP contribution is -2.50. The van der Waals surface area contributed by atoms with Crippen LogP contribution >= 0.6 is 0 Å². The average molecular weight is 386 g/mol. The van der Waals surface area contributed by atoms with E-state index in [9.17, 15) is 23.1 Å². The fourth-order valence-corrected chi connectivity index (χ4v) is 3.62. The number of aryl methyl sites for hydroxylation is 1. The summed E-state index contributed by atoms with van der Waals surface area (Å²) in [5.74, 6) is -1.14. The first kappa shape index (κ1) is 20.4. The zero-order chi connectivity index (χ0) is 19.3. The molecule has 0 unspecified atom stereocenters. The molecule has 9 nitrogen and oxygen atoms in total. The van der Waals surface area contributed by atoms with E-state index in [0.29, 0.717) is 25.0 Å². The average Bonchev–Trinajstić information content (AvgIpc) is 3.02. The molecule has 0 spiro atoms. The van der Waals surface area contributed by atoms with Crippen LogP contribution in [0.1, 0.15) is 29.8 Å². The van der Waals surface area contributed by atoms with Crippen LogP contribution in [0.25, 0.3) is 0 Å². The van der Waals surface area contributed by atoms with E-state index < -0.39 is 22.2 Å². The smallest absolute Gasteiger partial charge is 0.268 e. The third-order valence-corrected chi connectivity index (χ3v) is 6.02. The van der Waals surface area contributed by atoms with Gasteiger partial charge in [0.1, 0.15) is 5.69 Å². The number of sulfonamides is 1. The number of aromatic nitrogens is 1. The summed E-state index contributed by atoms with van der Waals surface area (Å²) in [5, 5.41) is 15.6. The molecule has 0 aliphatic heterocycles. The predicted octanol–water partition coefficient (Wildman–Crippen LogP) is -1.05. The zero-order valence-corrected chi connectivity index (χ0v) is 15.8. The molecule has 3 atom stereocenters. The standard InChI is InChI=1S/C16H26N4O5S/c1-17-26(24,25)9-7-18-15(22)11-5-6-14(21)12(10-11)19-16(23)13-4-3-8-20(13)2/h3-4,8,11-12,14,17,21H,5-7,9-10H2,1-2H3,(H,18,22)(H,19,23)/t11-,12+,14+/m0/s1. The summed E-state index contributed by atoms with van der Waals surface area (Å²) in [6.07, 6.45) is 2.23. The van der Waals surface area contributed by atoms with Gasteiger partial charge < -0.3 is 20.3 Å². The Kier molecular flexibility index (Phi) is 6.79. The highest BCUT2D eigenvalue weighted by atomic mass is 32.2. The maximum atomic E-state index is 12.3. The van der Waals surface area contributed by atoms with Crippen molar-refractivity contribution in [1.82, 2.24) is 19.9 Å². The summed E-state index contributed by atoms with van der Waals surface area (Å²) in [5.41, 5.74) is 0.473. The van der Waals surface area contributed by atoms with Crippen LogP contribution < -0.4 is 15.4 Å². The summed E-state index contributed by atoms with van der Waals surface area (Å²) in [4.78, 5) is 24.6. The highest BCUT2D eigenvalue weighted by molar-refractivity contribution is 7.89. The van der Waals surface area contributed by atoms with Crippen molar-refractivity contribution in [2.75, 3.05) is 19.3 Å². The Hall–Kier alpha value is -1.91. The van der Waals surface area contributed by atoms with Crippen molar-refractivity contribution in [1.29, 1.82) is 0 Å².